The average molecular weight is 214 g/mol. The molecular weight excluding hydrogens is 200 g/mol. The van der Waals surface area contributed by atoms with Gasteiger partial charge in [-0.15, -0.1) is 0 Å². The lowest BCUT2D eigenvalue weighted by Crippen LogP contribution is -2.02. The highest BCUT2D eigenvalue weighted by molar-refractivity contribution is 5.78. The molecule has 0 radical (unpaired) electrons. The van der Waals surface area contributed by atoms with Crippen molar-refractivity contribution in [2.24, 2.45) is 0 Å². The Morgan fingerprint density at radius 1 is 1.31 bits per heavy atom. The van der Waals surface area contributed by atoms with E-state index in [1.807, 2.05) is 36.4 Å². The van der Waals surface area contributed by atoms with E-state index in [4.69, 9.17) is 4.42 Å². The first-order valence-corrected chi connectivity index (χ1v) is 5.50. The maximum absolute atomic E-state index is 11.6. The third kappa shape index (κ3) is 2.22. The standard InChI is InChI=1S/C14H14O2/c1-2-3-4-8-12-10-11-7-5-6-9-13(11)16-14(12)15/h4-10H,2-3H2,1H3. The first kappa shape index (κ1) is 10.7. The highest BCUT2D eigenvalue weighted by Crippen LogP contribution is 2.13. The summed E-state index contributed by atoms with van der Waals surface area (Å²) in [5, 5.41) is 0.957. The minimum Gasteiger partial charge on any atom is -0.422 e. The second-order valence-electron chi connectivity index (χ2n) is 3.72. The van der Waals surface area contributed by atoms with Crippen molar-refractivity contribution in [2.45, 2.75) is 19.8 Å². The highest BCUT2D eigenvalue weighted by atomic mass is 16.4. The number of rotatable bonds is 3. The predicted octanol–water partition coefficient (Wildman–Crippen LogP) is 3.61. The van der Waals surface area contributed by atoms with Gasteiger partial charge in [0.05, 0.1) is 5.56 Å². The number of unbranched alkanes of at least 4 members (excludes halogenated alkanes) is 1. The fourth-order valence-corrected chi connectivity index (χ4v) is 1.57. The molecule has 1 aromatic heterocycles. The van der Waals surface area contributed by atoms with Crippen LogP contribution in [0.4, 0.5) is 0 Å². The van der Waals surface area contributed by atoms with Crippen molar-refractivity contribution in [3.05, 3.63) is 52.4 Å². The second-order valence-corrected chi connectivity index (χ2v) is 3.72. The van der Waals surface area contributed by atoms with Gasteiger partial charge in [0.1, 0.15) is 5.58 Å². The molecule has 16 heavy (non-hydrogen) atoms. The molecule has 0 saturated carbocycles. The number of para-hydroxylation sites is 1. The molecular formula is C14H14O2. The molecule has 1 aromatic carbocycles. The molecule has 0 spiro atoms. The van der Waals surface area contributed by atoms with Gasteiger partial charge in [-0.1, -0.05) is 43.7 Å². The Bertz CT molecular complexity index is 564. The molecule has 0 aliphatic rings. The second kappa shape index (κ2) is 4.79. The first-order valence-electron chi connectivity index (χ1n) is 5.50. The van der Waals surface area contributed by atoms with Crippen LogP contribution < -0.4 is 5.63 Å². The molecule has 2 rings (SSSR count). The summed E-state index contributed by atoms with van der Waals surface area (Å²) in [5.74, 6) is 0. The summed E-state index contributed by atoms with van der Waals surface area (Å²) in [6, 6.07) is 9.40. The van der Waals surface area contributed by atoms with Crippen LogP contribution in [0.1, 0.15) is 25.3 Å². The molecule has 2 heteroatoms. The Morgan fingerprint density at radius 3 is 2.94 bits per heavy atom. The molecule has 0 amide bonds. The molecule has 0 bridgehead atoms. The van der Waals surface area contributed by atoms with Crippen LogP contribution in [0.15, 0.2) is 45.6 Å². The fraction of sp³-hybridized carbons (Fsp3) is 0.214. The normalized spacial score (nSPS) is 11.3. The zero-order valence-corrected chi connectivity index (χ0v) is 9.27. The van der Waals surface area contributed by atoms with Crippen LogP contribution in [0.2, 0.25) is 0 Å². The molecule has 2 aromatic rings. The molecule has 0 saturated heterocycles. The van der Waals surface area contributed by atoms with Crippen LogP contribution >= 0.6 is 0 Å². The number of allylic oxidation sites excluding steroid dienone is 1. The van der Waals surface area contributed by atoms with Crippen LogP contribution in [-0.2, 0) is 0 Å². The van der Waals surface area contributed by atoms with Crippen molar-refractivity contribution in [3.63, 3.8) is 0 Å². The zero-order valence-electron chi connectivity index (χ0n) is 9.27. The Kier molecular flexibility index (Phi) is 3.20. The van der Waals surface area contributed by atoms with E-state index < -0.39 is 0 Å². The third-order valence-electron chi connectivity index (χ3n) is 2.42. The van der Waals surface area contributed by atoms with Crippen molar-refractivity contribution in [3.8, 4) is 0 Å². The zero-order chi connectivity index (χ0) is 11.4. The molecule has 2 nitrogen and oxygen atoms in total. The number of hydrogen-bond acceptors (Lipinski definition) is 2. The quantitative estimate of drug-likeness (QED) is 0.730. The monoisotopic (exact) mass is 214 g/mol. The van der Waals surface area contributed by atoms with Gasteiger partial charge in [0, 0.05) is 5.39 Å². The maximum atomic E-state index is 11.6. The lowest BCUT2D eigenvalue weighted by Gasteiger charge is -1.97. The minimum atomic E-state index is -0.272. The summed E-state index contributed by atoms with van der Waals surface area (Å²) >= 11 is 0. The van der Waals surface area contributed by atoms with Gasteiger partial charge < -0.3 is 4.42 Å². The van der Waals surface area contributed by atoms with Crippen molar-refractivity contribution in [2.75, 3.05) is 0 Å². The van der Waals surface area contributed by atoms with Crippen LogP contribution in [0.5, 0.6) is 0 Å². The molecule has 0 N–H and O–H groups in total. The number of hydrogen-bond donors (Lipinski definition) is 0. The molecule has 0 aliphatic heterocycles. The summed E-state index contributed by atoms with van der Waals surface area (Å²) in [7, 11) is 0. The van der Waals surface area contributed by atoms with E-state index in [1.54, 1.807) is 6.07 Å². The summed E-state index contributed by atoms with van der Waals surface area (Å²) in [6.45, 7) is 2.10. The average Bonchev–Trinajstić information content (AvgIpc) is 2.30. The van der Waals surface area contributed by atoms with Crippen molar-refractivity contribution in [1.82, 2.24) is 0 Å². The topological polar surface area (TPSA) is 30.2 Å². The summed E-state index contributed by atoms with van der Waals surface area (Å²) < 4.78 is 5.22. The molecule has 1 heterocycles. The molecule has 0 atom stereocenters. The Hall–Kier alpha value is -1.83. The lowest BCUT2D eigenvalue weighted by molar-refractivity contribution is 0.559. The van der Waals surface area contributed by atoms with Gasteiger partial charge in [-0.2, -0.15) is 0 Å². The number of benzene rings is 1. The molecule has 0 aliphatic carbocycles. The van der Waals surface area contributed by atoms with Crippen LogP contribution in [0, 0.1) is 0 Å². The van der Waals surface area contributed by atoms with Gasteiger partial charge in [-0.05, 0) is 18.6 Å². The van der Waals surface area contributed by atoms with E-state index in [1.165, 1.54) is 0 Å². The Morgan fingerprint density at radius 2 is 2.12 bits per heavy atom. The lowest BCUT2D eigenvalue weighted by atomic mass is 10.1. The van der Waals surface area contributed by atoms with E-state index in [0.717, 1.165) is 18.2 Å². The minimum absolute atomic E-state index is 0.272. The smallest absolute Gasteiger partial charge is 0.343 e. The van der Waals surface area contributed by atoms with Gasteiger partial charge in [0.25, 0.3) is 0 Å². The largest absolute Gasteiger partial charge is 0.422 e. The summed E-state index contributed by atoms with van der Waals surface area (Å²) in [4.78, 5) is 11.6. The van der Waals surface area contributed by atoms with Gasteiger partial charge in [-0.3, -0.25) is 0 Å². The molecule has 0 fully saturated rings. The van der Waals surface area contributed by atoms with Crippen molar-refractivity contribution < 1.29 is 4.42 Å². The maximum Gasteiger partial charge on any atom is 0.343 e. The van der Waals surface area contributed by atoms with Crippen LogP contribution in [-0.4, -0.2) is 0 Å². The van der Waals surface area contributed by atoms with Gasteiger partial charge in [-0.25, -0.2) is 4.79 Å². The predicted molar refractivity (Wildman–Crippen MR) is 66.4 cm³/mol. The van der Waals surface area contributed by atoms with Crippen LogP contribution in [0.25, 0.3) is 17.0 Å². The van der Waals surface area contributed by atoms with E-state index in [-0.39, 0.29) is 5.63 Å². The van der Waals surface area contributed by atoms with Crippen LogP contribution in [0.3, 0.4) is 0 Å². The van der Waals surface area contributed by atoms with E-state index in [9.17, 15) is 4.79 Å². The summed E-state index contributed by atoms with van der Waals surface area (Å²) in [5.41, 5.74) is 0.985. The van der Waals surface area contributed by atoms with Crippen molar-refractivity contribution >= 4 is 17.0 Å². The van der Waals surface area contributed by atoms with E-state index in [2.05, 4.69) is 6.92 Å². The van der Waals surface area contributed by atoms with Crippen molar-refractivity contribution in [1.29, 1.82) is 0 Å². The van der Waals surface area contributed by atoms with E-state index >= 15 is 0 Å². The Labute approximate surface area is 94.2 Å². The van der Waals surface area contributed by atoms with Gasteiger partial charge in [0.15, 0.2) is 0 Å². The van der Waals surface area contributed by atoms with Gasteiger partial charge in [0.2, 0.25) is 0 Å². The van der Waals surface area contributed by atoms with E-state index in [0.29, 0.717) is 11.1 Å². The SMILES string of the molecule is CCCC=Cc1cc2ccccc2oc1=O. The van der Waals surface area contributed by atoms with Gasteiger partial charge >= 0.3 is 5.63 Å². The first-order chi connectivity index (χ1) is 7.81. The third-order valence-corrected chi connectivity index (χ3v) is 2.42. The Balaban J connectivity index is 2.46. The molecule has 82 valence electrons. The fourth-order valence-electron chi connectivity index (χ4n) is 1.57. The highest BCUT2D eigenvalue weighted by Gasteiger charge is 2.00. The number of fused-ring (bicyclic) bond motifs is 1. The summed E-state index contributed by atoms with van der Waals surface area (Å²) in [6.07, 6.45) is 5.89. The molecule has 0 unspecified atom stereocenters.